The highest BCUT2D eigenvalue weighted by Gasteiger charge is 2.32. The first-order valence-corrected chi connectivity index (χ1v) is 13.1. The molecule has 0 aromatic heterocycles. The Labute approximate surface area is 208 Å². The van der Waals surface area contributed by atoms with Crippen molar-refractivity contribution in [3.05, 3.63) is 87.9 Å². The average Bonchev–Trinajstić information content (AvgIpc) is 3.23. The minimum absolute atomic E-state index is 0.306. The molecule has 174 valence electrons. The number of piperazine rings is 1. The number of anilines is 1. The van der Waals surface area contributed by atoms with E-state index in [0.717, 1.165) is 50.5 Å². The molecule has 3 aromatic rings. The van der Waals surface area contributed by atoms with Crippen molar-refractivity contribution in [1.29, 1.82) is 0 Å². The molecule has 6 rings (SSSR count). The lowest BCUT2D eigenvalue weighted by atomic mass is 9.71. The van der Waals surface area contributed by atoms with Crippen molar-refractivity contribution in [2.24, 2.45) is 5.41 Å². The number of hydrogen-bond donors (Lipinski definition) is 1. The van der Waals surface area contributed by atoms with Crippen LogP contribution in [0.1, 0.15) is 55.4 Å². The molecule has 0 amide bonds. The van der Waals surface area contributed by atoms with Gasteiger partial charge in [-0.15, -0.1) is 0 Å². The van der Waals surface area contributed by atoms with Gasteiger partial charge in [0, 0.05) is 48.9 Å². The van der Waals surface area contributed by atoms with Crippen LogP contribution in [0.25, 0.3) is 22.3 Å². The van der Waals surface area contributed by atoms with Crippen LogP contribution < -0.4 is 10.2 Å². The van der Waals surface area contributed by atoms with Crippen LogP contribution in [0.4, 0.5) is 5.69 Å². The Morgan fingerprint density at radius 3 is 2.35 bits per heavy atom. The molecular weight excluding hydrogens is 436 g/mol. The molecular formula is C31H33ClN2. The van der Waals surface area contributed by atoms with Gasteiger partial charge < -0.3 is 10.2 Å². The summed E-state index contributed by atoms with van der Waals surface area (Å²) in [5.74, 6) is 0. The van der Waals surface area contributed by atoms with Gasteiger partial charge in [0.05, 0.1) is 0 Å². The summed E-state index contributed by atoms with van der Waals surface area (Å²) in [5, 5.41) is 4.36. The van der Waals surface area contributed by atoms with E-state index in [9.17, 15) is 0 Å². The van der Waals surface area contributed by atoms with Gasteiger partial charge in [0.1, 0.15) is 0 Å². The third-order valence-electron chi connectivity index (χ3n) is 7.98. The second-order valence-corrected chi connectivity index (χ2v) is 11.3. The van der Waals surface area contributed by atoms with E-state index in [1.165, 1.54) is 56.6 Å². The highest BCUT2D eigenvalue weighted by Crippen LogP contribution is 2.51. The van der Waals surface area contributed by atoms with Crippen molar-refractivity contribution >= 4 is 28.4 Å². The van der Waals surface area contributed by atoms with Crippen LogP contribution in [-0.2, 0) is 6.42 Å². The van der Waals surface area contributed by atoms with E-state index in [1.807, 2.05) is 12.1 Å². The highest BCUT2D eigenvalue weighted by molar-refractivity contribution is 6.30. The van der Waals surface area contributed by atoms with Crippen molar-refractivity contribution in [3.8, 4) is 11.1 Å². The lowest BCUT2D eigenvalue weighted by Crippen LogP contribution is -2.44. The Morgan fingerprint density at radius 2 is 1.56 bits per heavy atom. The van der Waals surface area contributed by atoms with Crippen molar-refractivity contribution < 1.29 is 0 Å². The van der Waals surface area contributed by atoms with Crippen LogP contribution in [-0.4, -0.2) is 26.2 Å². The number of rotatable bonds is 3. The Bertz CT molecular complexity index is 1260. The standard InChI is InChI=1S/C31H33ClN2/c1-31(2)14-13-26(29(20-31)21-7-9-23(32)10-8-21)27-12-11-25-24-6-4-3-5-22(24)19-28(25)30(27)34-17-15-33-16-18-34/h3-12,33H,13-20H2,1-2H3. The van der Waals surface area contributed by atoms with Crippen molar-refractivity contribution in [1.82, 2.24) is 5.32 Å². The summed E-state index contributed by atoms with van der Waals surface area (Å²) in [6, 6.07) is 22.3. The number of allylic oxidation sites excluding steroid dienone is 2. The summed E-state index contributed by atoms with van der Waals surface area (Å²) < 4.78 is 0. The van der Waals surface area contributed by atoms with Gasteiger partial charge in [-0.3, -0.25) is 0 Å². The number of nitrogens with zero attached hydrogens (tertiary/aromatic N) is 1. The molecule has 3 heteroatoms. The van der Waals surface area contributed by atoms with Gasteiger partial charge in [0.2, 0.25) is 0 Å². The summed E-state index contributed by atoms with van der Waals surface area (Å²) in [6.07, 6.45) is 4.48. The first kappa shape index (κ1) is 21.9. The summed E-state index contributed by atoms with van der Waals surface area (Å²) in [6.45, 7) is 9.05. The van der Waals surface area contributed by atoms with Crippen LogP contribution in [0, 0.1) is 5.41 Å². The quantitative estimate of drug-likeness (QED) is 0.336. The van der Waals surface area contributed by atoms with Gasteiger partial charge in [-0.05, 0) is 75.8 Å². The molecule has 0 radical (unpaired) electrons. The predicted octanol–water partition coefficient (Wildman–Crippen LogP) is 7.44. The fourth-order valence-electron chi connectivity index (χ4n) is 6.20. The minimum atomic E-state index is 0.306. The SMILES string of the molecule is CC1(C)CCC(c2ccc3c(c2N2CCNCC2)Cc2ccccc2-3)=C(c2ccc(Cl)cc2)C1. The number of halogens is 1. The summed E-state index contributed by atoms with van der Waals surface area (Å²) >= 11 is 6.27. The highest BCUT2D eigenvalue weighted by atomic mass is 35.5. The van der Waals surface area contributed by atoms with Crippen molar-refractivity contribution in [2.45, 2.75) is 39.5 Å². The number of nitrogens with one attached hydrogen (secondary N) is 1. The maximum Gasteiger partial charge on any atom is 0.0485 e. The maximum absolute atomic E-state index is 6.27. The molecule has 0 bridgehead atoms. The number of fused-ring (bicyclic) bond motifs is 3. The third kappa shape index (κ3) is 3.87. The van der Waals surface area contributed by atoms with E-state index in [4.69, 9.17) is 11.6 Å². The van der Waals surface area contributed by atoms with Gasteiger partial charge in [0.15, 0.2) is 0 Å². The van der Waals surface area contributed by atoms with E-state index in [0.29, 0.717) is 5.41 Å². The van der Waals surface area contributed by atoms with Gasteiger partial charge in [-0.25, -0.2) is 0 Å². The summed E-state index contributed by atoms with van der Waals surface area (Å²) in [5.41, 5.74) is 13.4. The fraction of sp³-hybridized carbons (Fsp3) is 0.355. The third-order valence-corrected chi connectivity index (χ3v) is 8.23. The Kier molecular flexibility index (Phi) is 5.54. The van der Waals surface area contributed by atoms with E-state index in [2.05, 4.69) is 72.6 Å². The number of benzene rings is 3. The average molecular weight is 469 g/mol. The largest absolute Gasteiger partial charge is 0.368 e. The molecule has 0 saturated carbocycles. The smallest absolute Gasteiger partial charge is 0.0485 e. The van der Waals surface area contributed by atoms with Crippen LogP contribution >= 0.6 is 11.6 Å². The molecule has 0 unspecified atom stereocenters. The molecule has 3 aromatic carbocycles. The Morgan fingerprint density at radius 1 is 0.824 bits per heavy atom. The van der Waals surface area contributed by atoms with Gasteiger partial charge >= 0.3 is 0 Å². The van der Waals surface area contributed by atoms with Crippen molar-refractivity contribution in [3.63, 3.8) is 0 Å². The van der Waals surface area contributed by atoms with E-state index < -0.39 is 0 Å². The van der Waals surface area contributed by atoms with Crippen LogP contribution in [0.2, 0.25) is 5.02 Å². The molecule has 0 spiro atoms. The fourth-order valence-corrected chi connectivity index (χ4v) is 6.33. The van der Waals surface area contributed by atoms with E-state index in [1.54, 1.807) is 0 Å². The zero-order chi connectivity index (χ0) is 23.3. The Balaban J connectivity index is 1.57. The molecule has 2 nitrogen and oxygen atoms in total. The molecule has 1 heterocycles. The molecule has 34 heavy (non-hydrogen) atoms. The maximum atomic E-state index is 6.27. The summed E-state index contributed by atoms with van der Waals surface area (Å²) in [4.78, 5) is 2.66. The zero-order valence-electron chi connectivity index (χ0n) is 20.3. The van der Waals surface area contributed by atoms with Gasteiger partial charge in [-0.2, -0.15) is 0 Å². The molecule has 1 N–H and O–H groups in total. The van der Waals surface area contributed by atoms with E-state index >= 15 is 0 Å². The number of hydrogen-bond acceptors (Lipinski definition) is 2. The monoisotopic (exact) mass is 468 g/mol. The lowest BCUT2D eigenvalue weighted by molar-refractivity contribution is 0.341. The van der Waals surface area contributed by atoms with E-state index in [-0.39, 0.29) is 0 Å². The van der Waals surface area contributed by atoms with Gasteiger partial charge in [-0.1, -0.05) is 74.0 Å². The summed E-state index contributed by atoms with van der Waals surface area (Å²) in [7, 11) is 0. The topological polar surface area (TPSA) is 15.3 Å². The second-order valence-electron chi connectivity index (χ2n) is 10.9. The molecule has 1 saturated heterocycles. The lowest BCUT2D eigenvalue weighted by Gasteiger charge is -2.37. The Hall–Kier alpha value is -2.55. The van der Waals surface area contributed by atoms with Crippen LogP contribution in [0.15, 0.2) is 60.7 Å². The molecule has 2 aliphatic carbocycles. The van der Waals surface area contributed by atoms with Crippen LogP contribution in [0.3, 0.4) is 0 Å². The minimum Gasteiger partial charge on any atom is -0.368 e. The van der Waals surface area contributed by atoms with Crippen LogP contribution in [0.5, 0.6) is 0 Å². The molecule has 1 fully saturated rings. The second kappa shape index (κ2) is 8.59. The first-order chi connectivity index (χ1) is 16.5. The molecule has 3 aliphatic rings. The van der Waals surface area contributed by atoms with Crippen molar-refractivity contribution in [2.75, 3.05) is 31.1 Å². The normalized spacial score (nSPS) is 19.2. The van der Waals surface area contributed by atoms with Gasteiger partial charge in [0.25, 0.3) is 0 Å². The first-order valence-electron chi connectivity index (χ1n) is 12.7. The zero-order valence-corrected chi connectivity index (χ0v) is 21.0. The molecule has 0 atom stereocenters. The predicted molar refractivity (Wildman–Crippen MR) is 146 cm³/mol. The molecule has 1 aliphatic heterocycles.